The highest BCUT2D eigenvalue weighted by Crippen LogP contribution is 2.45. The van der Waals surface area contributed by atoms with Crippen molar-refractivity contribution in [3.8, 4) is 0 Å². The van der Waals surface area contributed by atoms with Crippen LogP contribution in [0.15, 0.2) is 58.8 Å². The lowest BCUT2D eigenvalue weighted by Gasteiger charge is -2.25. The molecule has 1 N–H and O–H groups in total. The third-order valence-corrected chi connectivity index (χ3v) is 8.15. The van der Waals surface area contributed by atoms with Gasteiger partial charge in [-0.2, -0.15) is 13.0 Å². The van der Waals surface area contributed by atoms with Crippen LogP contribution < -0.4 is 14.4 Å². The maximum absolute atomic E-state index is 11.6. The number of aromatic nitrogens is 1. The smallest absolute Gasteiger partial charge is 0.374 e. The van der Waals surface area contributed by atoms with Crippen LogP contribution in [-0.2, 0) is 16.7 Å². The topological polar surface area (TPSA) is 77.9 Å². The van der Waals surface area contributed by atoms with Crippen LogP contribution in [0.4, 0.5) is 11.4 Å². The third-order valence-electron chi connectivity index (χ3n) is 6.17. The molecule has 0 saturated heterocycles. The number of anilines is 2. The number of aryl methyl sites for hydroxylation is 1. The van der Waals surface area contributed by atoms with E-state index in [2.05, 4.69) is 16.4 Å². The van der Waals surface area contributed by atoms with Gasteiger partial charge in [0.2, 0.25) is 5.58 Å². The SMILES string of the molecule is CCN1/C(=C\C=C\c2oc3ccccc3[n+]2CC)N(CCC(C)S(=O)(=O)O)c2cc(Cl)c(Cl)cc21. The zero-order chi connectivity index (χ0) is 25.3. The van der Waals surface area contributed by atoms with E-state index < -0.39 is 15.4 Å². The zero-order valence-electron chi connectivity index (χ0n) is 19.8. The van der Waals surface area contributed by atoms with Crippen molar-refractivity contribution in [2.45, 2.75) is 39.0 Å². The Labute approximate surface area is 215 Å². The van der Waals surface area contributed by atoms with Gasteiger partial charge < -0.3 is 14.2 Å². The fraction of sp³-hybridized carbons (Fsp3) is 0.320. The fourth-order valence-electron chi connectivity index (χ4n) is 4.28. The molecule has 35 heavy (non-hydrogen) atoms. The number of benzene rings is 2. The van der Waals surface area contributed by atoms with Crippen LogP contribution in [0.1, 0.15) is 33.1 Å². The minimum Gasteiger partial charge on any atom is -0.398 e. The van der Waals surface area contributed by atoms with Crippen molar-refractivity contribution in [1.29, 1.82) is 0 Å². The normalized spacial score (nSPS) is 16.1. The number of allylic oxidation sites excluding steroid dienone is 2. The van der Waals surface area contributed by atoms with E-state index >= 15 is 0 Å². The Balaban J connectivity index is 1.72. The summed E-state index contributed by atoms with van der Waals surface area (Å²) in [6.07, 6.45) is 6.01. The highest BCUT2D eigenvalue weighted by molar-refractivity contribution is 7.86. The first-order chi connectivity index (χ1) is 16.7. The first-order valence-electron chi connectivity index (χ1n) is 11.5. The van der Waals surface area contributed by atoms with Crippen molar-refractivity contribution in [3.63, 3.8) is 0 Å². The molecule has 2 aromatic carbocycles. The lowest BCUT2D eigenvalue weighted by Crippen LogP contribution is -2.33. The molecule has 0 saturated carbocycles. The number of fused-ring (bicyclic) bond motifs is 2. The molecule has 1 aliphatic heterocycles. The molecule has 186 valence electrons. The van der Waals surface area contributed by atoms with Gasteiger partial charge in [-0.05, 0) is 57.5 Å². The van der Waals surface area contributed by atoms with Crippen LogP contribution in [0.5, 0.6) is 0 Å². The number of oxazole rings is 1. The van der Waals surface area contributed by atoms with Crippen molar-refractivity contribution < 1.29 is 22.0 Å². The van der Waals surface area contributed by atoms with Crippen molar-refractivity contribution in [3.05, 3.63) is 70.3 Å². The molecule has 4 rings (SSSR count). The van der Waals surface area contributed by atoms with Gasteiger partial charge in [-0.25, -0.2) is 0 Å². The van der Waals surface area contributed by atoms with Gasteiger partial charge >= 0.3 is 5.89 Å². The van der Waals surface area contributed by atoms with E-state index in [9.17, 15) is 13.0 Å². The van der Waals surface area contributed by atoms with Gasteiger partial charge in [0.1, 0.15) is 12.4 Å². The van der Waals surface area contributed by atoms with E-state index in [4.69, 9.17) is 27.6 Å². The first-order valence-corrected chi connectivity index (χ1v) is 13.7. The van der Waals surface area contributed by atoms with Gasteiger partial charge in [0.25, 0.3) is 15.6 Å². The average molecular weight is 537 g/mol. The van der Waals surface area contributed by atoms with Gasteiger partial charge in [0.05, 0.1) is 32.7 Å². The van der Waals surface area contributed by atoms with E-state index in [1.807, 2.05) is 60.4 Å². The highest BCUT2D eigenvalue weighted by Gasteiger charge is 2.32. The highest BCUT2D eigenvalue weighted by atomic mass is 35.5. The van der Waals surface area contributed by atoms with Gasteiger partial charge in [-0.3, -0.25) is 4.55 Å². The van der Waals surface area contributed by atoms with Crippen molar-refractivity contribution in [2.24, 2.45) is 0 Å². The molecule has 7 nitrogen and oxygen atoms in total. The number of rotatable bonds is 8. The molecule has 1 aromatic heterocycles. The molecule has 0 bridgehead atoms. The Morgan fingerprint density at radius 3 is 2.40 bits per heavy atom. The maximum atomic E-state index is 11.6. The number of hydrogen-bond acceptors (Lipinski definition) is 5. The molecule has 0 amide bonds. The van der Waals surface area contributed by atoms with Gasteiger partial charge in [-0.15, -0.1) is 0 Å². The fourth-order valence-corrected chi connectivity index (χ4v) is 5.00. The second-order valence-corrected chi connectivity index (χ2v) is 11.0. The second kappa shape index (κ2) is 10.2. The van der Waals surface area contributed by atoms with Crippen molar-refractivity contribution in [1.82, 2.24) is 0 Å². The summed E-state index contributed by atoms with van der Waals surface area (Å²) in [6.45, 7) is 7.37. The minimum atomic E-state index is -4.13. The van der Waals surface area contributed by atoms with Crippen LogP contribution >= 0.6 is 23.2 Å². The summed E-state index contributed by atoms with van der Waals surface area (Å²) < 4.78 is 40.8. The molecule has 3 aromatic rings. The summed E-state index contributed by atoms with van der Waals surface area (Å²) in [5.41, 5.74) is 3.55. The molecule has 0 spiro atoms. The predicted molar refractivity (Wildman–Crippen MR) is 142 cm³/mol. The van der Waals surface area contributed by atoms with E-state index in [1.165, 1.54) is 6.92 Å². The van der Waals surface area contributed by atoms with Gasteiger partial charge in [0, 0.05) is 19.2 Å². The van der Waals surface area contributed by atoms with Crippen LogP contribution in [0.3, 0.4) is 0 Å². The molecular weight excluding hydrogens is 509 g/mol. The molecule has 0 aliphatic carbocycles. The Bertz CT molecular complexity index is 1420. The van der Waals surface area contributed by atoms with E-state index in [-0.39, 0.29) is 6.42 Å². The lowest BCUT2D eigenvalue weighted by molar-refractivity contribution is -0.674. The summed E-state index contributed by atoms with van der Waals surface area (Å²) in [5, 5.41) is -0.0456. The first kappa shape index (κ1) is 25.6. The molecule has 10 heteroatoms. The Kier molecular flexibility index (Phi) is 7.47. The quantitative estimate of drug-likeness (QED) is 0.284. The van der Waals surface area contributed by atoms with Crippen LogP contribution in [0, 0.1) is 0 Å². The monoisotopic (exact) mass is 536 g/mol. The Hall–Kier alpha value is -2.52. The van der Waals surface area contributed by atoms with Gasteiger partial charge in [-0.1, -0.05) is 35.3 Å². The minimum absolute atomic E-state index is 0.233. The van der Waals surface area contributed by atoms with E-state index in [0.717, 1.165) is 40.7 Å². The molecule has 1 unspecified atom stereocenters. The number of halogens is 2. The number of hydrogen-bond donors (Lipinski definition) is 1. The summed E-state index contributed by atoms with van der Waals surface area (Å²) in [4.78, 5) is 4.09. The third kappa shape index (κ3) is 5.07. The number of nitrogens with zero attached hydrogens (tertiary/aromatic N) is 3. The van der Waals surface area contributed by atoms with Crippen molar-refractivity contribution in [2.75, 3.05) is 22.9 Å². The maximum Gasteiger partial charge on any atom is 0.374 e. The van der Waals surface area contributed by atoms with Crippen LogP contribution in [0.25, 0.3) is 17.2 Å². The zero-order valence-corrected chi connectivity index (χ0v) is 22.1. The van der Waals surface area contributed by atoms with E-state index in [0.29, 0.717) is 23.1 Å². The summed E-state index contributed by atoms with van der Waals surface area (Å²) >= 11 is 12.6. The summed E-state index contributed by atoms with van der Waals surface area (Å²) in [7, 11) is -4.13. The Morgan fingerprint density at radius 1 is 1.11 bits per heavy atom. The largest absolute Gasteiger partial charge is 0.398 e. The molecule has 0 radical (unpaired) electrons. The molecular formula is C25H28Cl2N3O4S+. The molecule has 0 fully saturated rings. The average Bonchev–Trinajstić information content (AvgIpc) is 3.31. The number of para-hydroxylation sites is 2. The van der Waals surface area contributed by atoms with Gasteiger partial charge in [0.15, 0.2) is 0 Å². The molecule has 2 heterocycles. The summed E-state index contributed by atoms with van der Waals surface area (Å²) in [5.74, 6) is 1.57. The Morgan fingerprint density at radius 2 is 1.77 bits per heavy atom. The standard InChI is InChI=1S/C25H27Cl2N3O4S/c1-4-28-21-15-18(26)19(27)16-22(21)30(14-13-17(3)35(31,32)33)24(28)11-8-12-25-29(5-2)20-9-6-7-10-23(20)34-25/h6-12,15-17H,4-5,13-14H2,1-3H3/p+1. The van der Waals surface area contributed by atoms with E-state index in [1.54, 1.807) is 6.07 Å². The predicted octanol–water partition coefficient (Wildman–Crippen LogP) is 5.91. The molecule has 1 atom stereocenters. The molecule has 1 aliphatic rings. The van der Waals surface area contributed by atoms with Crippen LogP contribution in [-0.4, -0.2) is 31.3 Å². The second-order valence-electron chi connectivity index (χ2n) is 8.30. The van der Waals surface area contributed by atoms with Crippen molar-refractivity contribution >= 4 is 61.9 Å². The lowest BCUT2D eigenvalue weighted by atomic mass is 10.2. The summed E-state index contributed by atoms with van der Waals surface area (Å²) in [6, 6.07) is 11.5. The van der Waals surface area contributed by atoms with Crippen LogP contribution in [0.2, 0.25) is 10.0 Å².